The molecule has 0 amide bonds. The molecule has 0 saturated heterocycles. The summed E-state index contributed by atoms with van der Waals surface area (Å²) in [6, 6.07) is 10.0. The third kappa shape index (κ3) is 2.65. The number of anilines is 1. The topological polar surface area (TPSA) is 63.8 Å². The lowest BCUT2D eigenvalue weighted by molar-refractivity contribution is 0.817. The Balaban J connectivity index is 2.53. The van der Waals surface area contributed by atoms with Crippen LogP contribution < -0.4 is 11.3 Å². The van der Waals surface area contributed by atoms with Gasteiger partial charge in [-0.1, -0.05) is 37.6 Å². The molecule has 0 aliphatic rings. The lowest BCUT2D eigenvalue weighted by Gasteiger charge is -2.10. The Labute approximate surface area is 107 Å². The van der Waals surface area contributed by atoms with Gasteiger partial charge < -0.3 is 5.43 Å². The smallest absolute Gasteiger partial charge is 0.161 e. The predicted octanol–water partition coefficient (Wildman–Crippen LogP) is 2.86. The fourth-order valence-corrected chi connectivity index (χ4v) is 1.75. The van der Waals surface area contributed by atoms with Gasteiger partial charge in [-0.05, 0) is 18.9 Å². The largest absolute Gasteiger partial charge is 0.308 e. The highest BCUT2D eigenvalue weighted by molar-refractivity contribution is 5.58. The van der Waals surface area contributed by atoms with E-state index in [0.29, 0.717) is 17.6 Å². The van der Waals surface area contributed by atoms with Crippen LogP contribution in [0.1, 0.15) is 31.0 Å². The molecule has 1 aromatic heterocycles. The second-order valence-corrected chi connectivity index (χ2v) is 4.67. The summed E-state index contributed by atoms with van der Waals surface area (Å²) in [6.45, 7) is 6.25. The fraction of sp³-hybridized carbons (Fsp3) is 0.286. The first-order chi connectivity index (χ1) is 8.60. The van der Waals surface area contributed by atoms with Gasteiger partial charge in [0, 0.05) is 17.3 Å². The second kappa shape index (κ2) is 5.14. The maximum atomic E-state index is 5.46. The minimum atomic E-state index is 0.337. The van der Waals surface area contributed by atoms with Crippen molar-refractivity contribution >= 4 is 5.82 Å². The molecule has 2 rings (SSSR count). The number of hydrogen-bond acceptors (Lipinski definition) is 4. The third-order valence-corrected chi connectivity index (χ3v) is 2.76. The number of benzene rings is 1. The molecule has 4 heteroatoms. The van der Waals surface area contributed by atoms with E-state index in [9.17, 15) is 0 Å². The summed E-state index contributed by atoms with van der Waals surface area (Å²) in [5.41, 5.74) is 5.77. The van der Waals surface area contributed by atoms with Gasteiger partial charge in [0.1, 0.15) is 5.82 Å². The molecule has 4 nitrogen and oxygen atoms in total. The zero-order valence-electron chi connectivity index (χ0n) is 10.9. The van der Waals surface area contributed by atoms with Gasteiger partial charge in [0.05, 0.1) is 0 Å². The highest BCUT2D eigenvalue weighted by Crippen LogP contribution is 2.22. The highest BCUT2D eigenvalue weighted by atomic mass is 15.3. The molecule has 1 aromatic carbocycles. The van der Waals surface area contributed by atoms with E-state index in [1.807, 2.05) is 18.2 Å². The molecule has 0 radical (unpaired) electrons. The molecule has 2 aromatic rings. The van der Waals surface area contributed by atoms with E-state index in [2.05, 4.69) is 48.3 Å². The van der Waals surface area contributed by atoms with Crippen LogP contribution in [0, 0.1) is 6.92 Å². The standard InChI is InChI=1S/C14H18N4/c1-9(2)12-8-13(18-15)17-14(16-12)11-6-4-5-10(3)7-11/h4-9H,15H2,1-3H3,(H,16,17,18). The molecule has 0 aliphatic carbocycles. The normalized spacial score (nSPS) is 10.7. The summed E-state index contributed by atoms with van der Waals surface area (Å²) in [6.07, 6.45) is 0. The molecule has 1 heterocycles. The number of hydrazine groups is 1. The monoisotopic (exact) mass is 242 g/mol. The Kier molecular flexibility index (Phi) is 3.58. The van der Waals surface area contributed by atoms with E-state index in [1.165, 1.54) is 5.56 Å². The summed E-state index contributed by atoms with van der Waals surface area (Å²) in [4.78, 5) is 8.98. The first-order valence-corrected chi connectivity index (χ1v) is 6.03. The Hall–Kier alpha value is -1.94. The van der Waals surface area contributed by atoms with E-state index in [-0.39, 0.29) is 0 Å². The summed E-state index contributed by atoms with van der Waals surface area (Å²) in [5, 5.41) is 0. The Morgan fingerprint density at radius 1 is 1.17 bits per heavy atom. The third-order valence-electron chi connectivity index (χ3n) is 2.76. The van der Waals surface area contributed by atoms with Crippen molar-refractivity contribution in [3.63, 3.8) is 0 Å². The Bertz CT molecular complexity index is 549. The van der Waals surface area contributed by atoms with E-state index in [0.717, 1.165) is 11.3 Å². The lowest BCUT2D eigenvalue weighted by Crippen LogP contribution is -2.11. The SMILES string of the molecule is Cc1cccc(-c2nc(NN)cc(C(C)C)n2)c1. The van der Waals surface area contributed by atoms with Crippen molar-refractivity contribution in [3.8, 4) is 11.4 Å². The minimum Gasteiger partial charge on any atom is -0.308 e. The maximum absolute atomic E-state index is 5.46. The van der Waals surface area contributed by atoms with Gasteiger partial charge in [0.15, 0.2) is 5.82 Å². The van der Waals surface area contributed by atoms with Gasteiger partial charge in [-0.25, -0.2) is 15.8 Å². The molecule has 0 bridgehead atoms. The second-order valence-electron chi connectivity index (χ2n) is 4.67. The Morgan fingerprint density at radius 3 is 2.56 bits per heavy atom. The van der Waals surface area contributed by atoms with E-state index >= 15 is 0 Å². The number of nitrogens with zero attached hydrogens (tertiary/aromatic N) is 2. The van der Waals surface area contributed by atoms with Crippen LogP contribution in [0.2, 0.25) is 0 Å². The first-order valence-electron chi connectivity index (χ1n) is 6.03. The average molecular weight is 242 g/mol. The molecule has 94 valence electrons. The van der Waals surface area contributed by atoms with Crippen LogP contribution in [0.3, 0.4) is 0 Å². The number of rotatable bonds is 3. The molecular formula is C14H18N4. The van der Waals surface area contributed by atoms with Crippen molar-refractivity contribution < 1.29 is 0 Å². The number of nitrogens with one attached hydrogen (secondary N) is 1. The zero-order chi connectivity index (χ0) is 13.1. The minimum absolute atomic E-state index is 0.337. The van der Waals surface area contributed by atoms with Crippen LogP contribution in [0.15, 0.2) is 30.3 Å². The molecule has 0 fully saturated rings. The number of aryl methyl sites for hydroxylation is 1. The fourth-order valence-electron chi connectivity index (χ4n) is 1.75. The van der Waals surface area contributed by atoms with Crippen LogP contribution in [-0.2, 0) is 0 Å². The molecular weight excluding hydrogens is 224 g/mol. The number of nitrogen functional groups attached to an aromatic ring is 1. The van der Waals surface area contributed by atoms with Crippen molar-refractivity contribution in [2.24, 2.45) is 5.84 Å². The Morgan fingerprint density at radius 2 is 1.94 bits per heavy atom. The van der Waals surface area contributed by atoms with Crippen LogP contribution in [0.5, 0.6) is 0 Å². The summed E-state index contributed by atoms with van der Waals surface area (Å²) >= 11 is 0. The van der Waals surface area contributed by atoms with Gasteiger partial charge in [-0.2, -0.15) is 0 Å². The highest BCUT2D eigenvalue weighted by Gasteiger charge is 2.09. The summed E-state index contributed by atoms with van der Waals surface area (Å²) in [5.74, 6) is 7.14. The van der Waals surface area contributed by atoms with Crippen molar-refractivity contribution in [2.45, 2.75) is 26.7 Å². The molecule has 0 atom stereocenters. The first kappa shape index (κ1) is 12.5. The van der Waals surface area contributed by atoms with Gasteiger partial charge >= 0.3 is 0 Å². The van der Waals surface area contributed by atoms with Crippen LogP contribution in [-0.4, -0.2) is 9.97 Å². The van der Waals surface area contributed by atoms with Crippen molar-refractivity contribution in [3.05, 3.63) is 41.6 Å². The van der Waals surface area contributed by atoms with E-state index in [4.69, 9.17) is 5.84 Å². The molecule has 18 heavy (non-hydrogen) atoms. The molecule has 0 aliphatic heterocycles. The number of aromatic nitrogens is 2. The zero-order valence-corrected chi connectivity index (χ0v) is 10.9. The van der Waals surface area contributed by atoms with Crippen molar-refractivity contribution in [1.82, 2.24) is 9.97 Å². The van der Waals surface area contributed by atoms with E-state index in [1.54, 1.807) is 0 Å². The van der Waals surface area contributed by atoms with Crippen LogP contribution in [0.25, 0.3) is 11.4 Å². The van der Waals surface area contributed by atoms with Crippen LogP contribution >= 0.6 is 0 Å². The van der Waals surface area contributed by atoms with E-state index < -0.39 is 0 Å². The van der Waals surface area contributed by atoms with Gasteiger partial charge in [-0.15, -0.1) is 0 Å². The summed E-state index contributed by atoms with van der Waals surface area (Å²) in [7, 11) is 0. The van der Waals surface area contributed by atoms with Gasteiger partial charge in [0.2, 0.25) is 0 Å². The van der Waals surface area contributed by atoms with Crippen molar-refractivity contribution in [2.75, 3.05) is 5.43 Å². The van der Waals surface area contributed by atoms with Gasteiger partial charge in [0.25, 0.3) is 0 Å². The lowest BCUT2D eigenvalue weighted by atomic mass is 10.1. The average Bonchev–Trinajstić information content (AvgIpc) is 2.38. The van der Waals surface area contributed by atoms with Crippen LogP contribution in [0.4, 0.5) is 5.82 Å². The predicted molar refractivity (Wildman–Crippen MR) is 74.1 cm³/mol. The maximum Gasteiger partial charge on any atom is 0.161 e. The molecule has 0 spiro atoms. The summed E-state index contributed by atoms with van der Waals surface area (Å²) < 4.78 is 0. The number of hydrogen-bond donors (Lipinski definition) is 2. The molecule has 0 saturated carbocycles. The van der Waals surface area contributed by atoms with Crippen molar-refractivity contribution in [1.29, 1.82) is 0 Å². The molecule has 3 N–H and O–H groups in total. The quantitative estimate of drug-likeness (QED) is 0.641. The van der Waals surface area contributed by atoms with Gasteiger partial charge in [-0.3, -0.25) is 0 Å². The molecule has 0 unspecified atom stereocenters. The number of nitrogens with two attached hydrogens (primary N) is 1.